The van der Waals surface area contributed by atoms with Gasteiger partial charge in [0.1, 0.15) is 0 Å². The van der Waals surface area contributed by atoms with Crippen LogP contribution in [0.15, 0.2) is 0 Å². The summed E-state index contributed by atoms with van der Waals surface area (Å²) >= 11 is 1.55. The van der Waals surface area contributed by atoms with Crippen LogP contribution in [0.25, 0.3) is 0 Å². The minimum absolute atomic E-state index is 0.0920. The largest absolute Gasteiger partial charge is 0.384 e. The number of alkyl halides is 3. The first-order valence-electron chi connectivity index (χ1n) is 4.28. The number of unbranched alkanes of at least 4 members (excludes halogenated alkanes) is 1. The van der Waals surface area contributed by atoms with Gasteiger partial charge in [0.2, 0.25) is 0 Å². The van der Waals surface area contributed by atoms with Gasteiger partial charge in [-0.3, -0.25) is 0 Å². The van der Waals surface area contributed by atoms with Crippen LogP contribution in [-0.2, 0) is 4.74 Å². The molecular formula is C8H15F3OS. The molecule has 0 saturated heterocycles. The molecule has 0 amide bonds. The Hall–Kier alpha value is 0.100. The highest BCUT2D eigenvalue weighted by molar-refractivity contribution is 7.99. The minimum atomic E-state index is -3.59. The fourth-order valence-corrected chi connectivity index (χ4v) is 1.54. The Morgan fingerprint density at radius 1 is 1.31 bits per heavy atom. The Balaban J connectivity index is 3.16. The summed E-state index contributed by atoms with van der Waals surface area (Å²) < 4.78 is 39.8. The second-order valence-corrected chi connectivity index (χ2v) is 3.81. The number of hydrogen-bond donors (Lipinski definition) is 0. The molecule has 0 unspecified atom stereocenters. The number of ether oxygens (including phenoxy) is 1. The van der Waals surface area contributed by atoms with Gasteiger partial charge in [0.05, 0.1) is 6.61 Å². The van der Waals surface area contributed by atoms with Crippen molar-refractivity contribution in [3.63, 3.8) is 0 Å². The smallest absolute Gasteiger partial charge is 0.318 e. The lowest BCUT2D eigenvalue weighted by Gasteiger charge is -2.12. The topological polar surface area (TPSA) is 9.23 Å². The lowest BCUT2D eigenvalue weighted by Crippen LogP contribution is -2.24. The maximum Gasteiger partial charge on any atom is 0.384 e. The van der Waals surface area contributed by atoms with E-state index in [4.69, 9.17) is 0 Å². The van der Waals surface area contributed by atoms with Gasteiger partial charge in [-0.05, 0) is 12.2 Å². The number of hydrogen-bond acceptors (Lipinski definition) is 2. The molecule has 0 radical (unpaired) electrons. The van der Waals surface area contributed by atoms with Crippen molar-refractivity contribution in [3.8, 4) is 0 Å². The summed E-state index contributed by atoms with van der Waals surface area (Å²) in [6.07, 6.45) is -1.43. The van der Waals surface area contributed by atoms with Crippen molar-refractivity contribution in [1.29, 1.82) is 0 Å². The second-order valence-electron chi connectivity index (χ2n) is 2.59. The average molecular weight is 216 g/mol. The van der Waals surface area contributed by atoms with Gasteiger partial charge in [0, 0.05) is 5.75 Å². The fourth-order valence-electron chi connectivity index (χ4n) is 0.637. The van der Waals surface area contributed by atoms with E-state index < -0.39 is 12.8 Å². The van der Waals surface area contributed by atoms with Crippen LogP contribution in [0.2, 0.25) is 0 Å². The van der Waals surface area contributed by atoms with Crippen molar-refractivity contribution in [2.24, 2.45) is 0 Å². The van der Waals surface area contributed by atoms with Crippen molar-refractivity contribution in [1.82, 2.24) is 0 Å². The van der Waals surface area contributed by atoms with Crippen LogP contribution >= 0.6 is 11.8 Å². The van der Waals surface area contributed by atoms with Crippen LogP contribution in [0, 0.1) is 0 Å². The third-order valence-electron chi connectivity index (χ3n) is 1.34. The van der Waals surface area contributed by atoms with E-state index in [-0.39, 0.29) is 6.61 Å². The molecule has 0 aliphatic rings. The molecule has 0 aromatic heterocycles. The molecule has 0 aliphatic carbocycles. The molecule has 1 nitrogen and oxygen atoms in total. The van der Waals surface area contributed by atoms with Crippen LogP contribution in [0.4, 0.5) is 13.2 Å². The van der Waals surface area contributed by atoms with Gasteiger partial charge >= 0.3 is 6.11 Å². The summed E-state index contributed by atoms with van der Waals surface area (Å²) in [7, 11) is 0. The van der Waals surface area contributed by atoms with Crippen molar-refractivity contribution in [2.75, 3.05) is 24.8 Å². The average Bonchev–Trinajstić information content (AvgIpc) is 2.11. The van der Waals surface area contributed by atoms with Crippen LogP contribution in [0.5, 0.6) is 0 Å². The summed E-state index contributed by atoms with van der Waals surface area (Å²) in [5, 5.41) is 0. The van der Waals surface area contributed by atoms with Gasteiger partial charge in [0.15, 0.2) is 6.67 Å². The van der Waals surface area contributed by atoms with Gasteiger partial charge in [-0.2, -0.15) is 20.5 Å². The van der Waals surface area contributed by atoms with E-state index in [0.717, 1.165) is 18.6 Å². The van der Waals surface area contributed by atoms with Crippen molar-refractivity contribution in [3.05, 3.63) is 0 Å². The summed E-state index contributed by atoms with van der Waals surface area (Å²) in [6.45, 7) is 0.228. The number of rotatable bonds is 8. The molecule has 0 heterocycles. The third-order valence-corrected chi connectivity index (χ3v) is 2.37. The molecule has 0 saturated carbocycles. The first-order chi connectivity index (χ1) is 6.12. The highest BCUT2D eigenvalue weighted by Crippen LogP contribution is 2.16. The molecule has 80 valence electrons. The molecule has 0 rings (SSSR count). The zero-order valence-corrected chi connectivity index (χ0v) is 8.51. The maximum atomic E-state index is 12.1. The van der Waals surface area contributed by atoms with Crippen LogP contribution < -0.4 is 0 Å². The predicted molar refractivity (Wildman–Crippen MR) is 49.1 cm³/mol. The molecule has 0 bridgehead atoms. The van der Waals surface area contributed by atoms with Gasteiger partial charge < -0.3 is 4.74 Å². The Morgan fingerprint density at radius 2 is 2.00 bits per heavy atom. The van der Waals surface area contributed by atoms with Crippen LogP contribution in [0.3, 0.4) is 0 Å². The van der Waals surface area contributed by atoms with E-state index >= 15 is 0 Å². The summed E-state index contributed by atoms with van der Waals surface area (Å²) in [4.78, 5) is 0. The highest BCUT2D eigenvalue weighted by Gasteiger charge is 2.29. The molecule has 5 heteroatoms. The van der Waals surface area contributed by atoms with Crippen LogP contribution in [-0.4, -0.2) is 30.9 Å². The van der Waals surface area contributed by atoms with Crippen molar-refractivity contribution >= 4 is 11.8 Å². The van der Waals surface area contributed by atoms with E-state index in [0.29, 0.717) is 5.75 Å². The summed E-state index contributed by atoms with van der Waals surface area (Å²) in [6, 6.07) is 0. The van der Waals surface area contributed by atoms with E-state index in [2.05, 4.69) is 11.7 Å². The monoisotopic (exact) mass is 216 g/mol. The zero-order chi connectivity index (χ0) is 10.2. The van der Waals surface area contributed by atoms with Crippen molar-refractivity contribution in [2.45, 2.75) is 25.9 Å². The van der Waals surface area contributed by atoms with Gasteiger partial charge in [-0.15, -0.1) is 0 Å². The lowest BCUT2D eigenvalue weighted by molar-refractivity contribution is -0.242. The van der Waals surface area contributed by atoms with E-state index in [1.54, 1.807) is 11.8 Å². The first-order valence-corrected chi connectivity index (χ1v) is 5.43. The number of thioether (sulfide) groups is 1. The fraction of sp³-hybridized carbons (Fsp3) is 1.00. The Bertz CT molecular complexity index is 122. The quantitative estimate of drug-likeness (QED) is 0.576. The summed E-state index contributed by atoms with van der Waals surface area (Å²) in [5.74, 6) is 1.44. The molecular weight excluding hydrogens is 201 g/mol. The Morgan fingerprint density at radius 3 is 2.54 bits per heavy atom. The molecule has 0 spiro atoms. The number of halogens is 3. The predicted octanol–water partition coefficient (Wildman–Crippen LogP) is 3.10. The standard InChI is InChI=1S/C8H15F3OS/c1-2-3-5-13-6-4-12-8(10,11)7-9/h2-7H2,1H3. The molecule has 0 aromatic carbocycles. The zero-order valence-electron chi connectivity index (χ0n) is 7.69. The first kappa shape index (κ1) is 13.1. The summed E-state index contributed by atoms with van der Waals surface area (Å²) in [5.41, 5.74) is 0. The van der Waals surface area contributed by atoms with E-state index in [1.165, 1.54) is 0 Å². The molecule has 13 heavy (non-hydrogen) atoms. The third kappa shape index (κ3) is 8.43. The molecule has 0 N–H and O–H groups in total. The molecule has 0 atom stereocenters. The lowest BCUT2D eigenvalue weighted by atomic mass is 10.4. The maximum absolute atomic E-state index is 12.1. The second kappa shape index (κ2) is 7.50. The van der Waals surface area contributed by atoms with Gasteiger partial charge in [-0.1, -0.05) is 13.3 Å². The molecule has 0 aliphatic heterocycles. The van der Waals surface area contributed by atoms with Gasteiger partial charge in [0.25, 0.3) is 0 Å². The van der Waals surface area contributed by atoms with E-state index in [1.807, 2.05) is 0 Å². The highest BCUT2D eigenvalue weighted by atomic mass is 32.2. The van der Waals surface area contributed by atoms with Crippen LogP contribution in [0.1, 0.15) is 19.8 Å². The Labute approximate surface area is 81.0 Å². The van der Waals surface area contributed by atoms with Gasteiger partial charge in [-0.25, -0.2) is 4.39 Å². The Kier molecular flexibility index (Phi) is 7.56. The molecule has 0 fully saturated rings. The SMILES string of the molecule is CCCCSCCOC(F)(F)CF. The molecule has 0 aromatic rings. The van der Waals surface area contributed by atoms with E-state index in [9.17, 15) is 13.2 Å². The minimum Gasteiger partial charge on any atom is -0.318 e. The van der Waals surface area contributed by atoms with Crippen molar-refractivity contribution < 1.29 is 17.9 Å². The normalized spacial score (nSPS) is 12.0.